The number of aliphatic hydroxyl groups excluding tert-OH is 2. The first kappa shape index (κ1) is 29.9. The van der Waals surface area contributed by atoms with Crippen LogP contribution in [0, 0.1) is 11.8 Å². The molecule has 0 fully saturated rings. The molecule has 9 heteroatoms. The first-order valence-corrected chi connectivity index (χ1v) is 10.1. The summed E-state index contributed by atoms with van der Waals surface area (Å²) in [4.78, 5) is 20.9. The van der Waals surface area contributed by atoms with Crippen LogP contribution in [0.4, 0.5) is 0 Å². The van der Waals surface area contributed by atoms with Crippen molar-refractivity contribution in [1.82, 2.24) is 0 Å². The molecule has 0 aromatic carbocycles. The molecule has 0 spiro atoms. The summed E-state index contributed by atoms with van der Waals surface area (Å²) < 4.78 is 9.80. The van der Waals surface area contributed by atoms with Gasteiger partial charge in [0.1, 0.15) is 0 Å². The minimum Gasteiger partial charge on any atom is -0.394 e. The van der Waals surface area contributed by atoms with E-state index in [1.807, 2.05) is 13.8 Å². The number of thiol groups is 1. The highest BCUT2D eigenvalue weighted by Gasteiger charge is 2.06. The Hall–Kier alpha value is 0.170. The topological polar surface area (TPSA) is 93.1 Å². The molecule has 152 valence electrons. The van der Waals surface area contributed by atoms with Crippen LogP contribution in [0.1, 0.15) is 27.7 Å². The Kier molecular flexibility index (Phi) is 28.9. The van der Waals surface area contributed by atoms with Gasteiger partial charge in [0.2, 0.25) is 5.24 Å². The molecule has 0 unspecified atom stereocenters. The molecule has 0 saturated heterocycles. The average Bonchev–Trinajstić information content (AvgIpc) is 2.56. The third-order valence-electron chi connectivity index (χ3n) is 2.10. The average molecular weight is 421 g/mol. The van der Waals surface area contributed by atoms with Gasteiger partial charge in [-0.05, 0) is 11.6 Å². The number of hydrogen-bond acceptors (Lipinski definition) is 8. The van der Waals surface area contributed by atoms with Crippen molar-refractivity contribution in [2.75, 3.05) is 51.1 Å². The Balaban J connectivity index is -0.000000317. The summed E-state index contributed by atoms with van der Waals surface area (Å²) in [5, 5.41) is 16.4. The largest absolute Gasteiger partial charge is 0.394 e. The lowest BCUT2D eigenvalue weighted by Crippen LogP contribution is -2.07. The SMILES string of the molecule is CC(C)C(=O)Cl.CC(C)C(=O)SCCOCCO.OCCOCCS. The molecule has 0 bridgehead atoms. The quantitative estimate of drug-likeness (QED) is 0.268. The van der Waals surface area contributed by atoms with Gasteiger partial charge in [0, 0.05) is 23.3 Å². The maximum atomic E-state index is 11.0. The van der Waals surface area contributed by atoms with E-state index in [-0.39, 0.29) is 35.4 Å². The van der Waals surface area contributed by atoms with Crippen LogP contribution in [0.2, 0.25) is 0 Å². The Morgan fingerprint density at radius 1 is 0.960 bits per heavy atom. The molecule has 0 saturated carbocycles. The Morgan fingerprint density at radius 2 is 1.40 bits per heavy atom. The van der Waals surface area contributed by atoms with Crippen LogP contribution in [-0.4, -0.2) is 71.7 Å². The molecular formula is C16H33ClO6S2. The van der Waals surface area contributed by atoms with Gasteiger partial charge in [-0.3, -0.25) is 9.59 Å². The van der Waals surface area contributed by atoms with Crippen LogP contribution < -0.4 is 0 Å². The fourth-order valence-corrected chi connectivity index (χ4v) is 1.63. The van der Waals surface area contributed by atoms with Crippen molar-refractivity contribution in [2.24, 2.45) is 11.8 Å². The molecule has 0 rings (SSSR count). The van der Waals surface area contributed by atoms with Crippen LogP contribution in [0.15, 0.2) is 0 Å². The van der Waals surface area contributed by atoms with Crippen molar-refractivity contribution >= 4 is 46.3 Å². The first-order chi connectivity index (χ1) is 11.7. The highest BCUT2D eigenvalue weighted by molar-refractivity contribution is 8.13. The fraction of sp³-hybridized carbons (Fsp3) is 0.875. The molecule has 0 radical (unpaired) electrons. The van der Waals surface area contributed by atoms with E-state index in [1.54, 1.807) is 13.8 Å². The second-order valence-electron chi connectivity index (χ2n) is 5.18. The smallest absolute Gasteiger partial charge is 0.224 e. The highest BCUT2D eigenvalue weighted by atomic mass is 35.5. The van der Waals surface area contributed by atoms with Gasteiger partial charge in [0.25, 0.3) is 0 Å². The second kappa shape index (κ2) is 24.2. The Labute approximate surface area is 166 Å². The predicted molar refractivity (Wildman–Crippen MR) is 108 cm³/mol. The molecule has 0 aromatic heterocycles. The number of carbonyl (C=O) groups is 2. The lowest BCUT2D eigenvalue weighted by Gasteiger charge is -2.03. The molecule has 0 amide bonds. The Bertz CT molecular complexity index is 300. The van der Waals surface area contributed by atoms with Crippen LogP contribution in [0.25, 0.3) is 0 Å². The summed E-state index contributed by atoms with van der Waals surface area (Å²) in [6.45, 7) is 9.37. The van der Waals surface area contributed by atoms with E-state index in [0.29, 0.717) is 32.2 Å². The first-order valence-electron chi connectivity index (χ1n) is 8.08. The third kappa shape index (κ3) is 32.3. The zero-order valence-electron chi connectivity index (χ0n) is 15.6. The van der Waals surface area contributed by atoms with Gasteiger partial charge in [-0.15, -0.1) is 0 Å². The third-order valence-corrected chi connectivity index (χ3v) is 3.85. The minimum absolute atomic E-state index is 0.0216. The Morgan fingerprint density at radius 3 is 1.72 bits per heavy atom. The molecule has 25 heavy (non-hydrogen) atoms. The molecule has 0 atom stereocenters. The van der Waals surface area contributed by atoms with Crippen molar-refractivity contribution in [3.8, 4) is 0 Å². The lowest BCUT2D eigenvalue weighted by molar-refractivity contribution is -0.114. The molecule has 2 N–H and O–H groups in total. The van der Waals surface area contributed by atoms with Crippen molar-refractivity contribution in [3.05, 3.63) is 0 Å². The summed E-state index contributed by atoms with van der Waals surface area (Å²) in [7, 11) is 0. The second-order valence-corrected chi connectivity index (χ2v) is 7.10. The maximum absolute atomic E-state index is 11.0. The standard InChI is InChI=1S/C8H16O3S.C4H7ClO.C4H10O2S/c1-7(2)8(10)12-6-5-11-4-3-9;1-3(2)4(5)6;5-1-2-6-3-4-7/h7,9H,3-6H2,1-2H3;3H,1-2H3;5,7H,1-4H2. The van der Waals surface area contributed by atoms with Gasteiger partial charge >= 0.3 is 0 Å². The maximum Gasteiger partial charge on any atom is 0.224 e. The minimum atomic E-state index is -0.269. The number of rotatable bonds is 11. The fourth-order valence-electron chi connectivity index (χ4n) is 0.766. The van der Waals surface area contributed by atoms with Gasteiger partial charge < -0.3 is 19.7 Å². The van der Waals surface area contributed by atoms with E-state index in [1.165, 1.54) is 11.8 Å². The number of halogens is 1. The zero-order valence-corrected chi connectivity index (χ0v) is 18.0. The normalized spacial score (nSPS) is 10.0. The van der Waals surface area contributed by atoms with E-state index in [9.17, 15) is 9.59 Å². The van der Waals surface area contributed by atoms with Crippen LogP contribution in [0.5, 0.6) is 0 Å². The van der Waals surface area contributed by atoms with E-state index in [2.05, 4.69) is 12.6 Å². The van der Waals surface area contributed by atoms with Crippen LogP contribution >= 0.6 is 36.0 Å². The molecule has 6 nitrogen and oxygen atoms in total. The molecular weight excluding hydrogens is 388 g/mol. The van der Waals surface area contributed by atoms with E-state index in [4.69, 9.17) is 31.3 Å². The molecule has 0 aliphatic rings. The summed E-state index contributed by atoms with van der Waals surface area (Å²) in [5.41, 5.74) is 0. The van der Waals surface area contributed by atoms with Crippen molar-refractivity contribution in [3.63, 3.8) is 0 Å². The monoisotopic (exact) mass is 420 g/mol. The summed E-state index contributed by atoms with van der Waals surface area (Å²) in [6, 6.07) is 0. The summed E-state index contributed by atoms with van der Waals surface area (Å²) >= 11 is 10.1. The van der Waals surface area contributed by atoms with Crippen LogP contribution in [-0.2, 0) is 19.1 Å². The van der Waals surface area contributed by atoms with Crippen molar-refractivity contribution in [2.45, 2.75) is 27.7 Å². The van der Waals surface area contributed by atoms with Crippen LogP contribution in [0.3, 0.4) is 0 Å². The molecule has 0 aliphatic heterocycles. The predicted octanol–water partition coefficient (Wildman–Crippen LogP) is 2.24. The van der Waals surface area contributed by atoms with Gasteiger partial charge in [0.05, 0.1) is 39.6 Å². The lowest BCUT2D eigenvalue weighted by atomic mass is 10.3. The number of aliphatic hydroxyl groups is 2. The van der Waals surface area contributed by atoms with E-state index < -0.39 is 0 Å². The van der Waals surface area contributed by atoms with Gasteiger partial charge in [-0.25, -0.2) is 0 Å². The van der Waals surface area contributed by atoms with Gasteiger partial charge in [-0.1, -0.05) is 39.5 Å². The molecule has 0 heterocycles. The molecule has 0 aliphatic carbocycles. The van der Waals surface area contributed by atoms with Gasteiger partial charge in [0.15, 0.2) is 5.12 Å². The molecule has 0 aromatic rings. The number of carbonyl (C=O) groups excluding carboxylic acids is 2. The van der Waals surface area contributed by atoms with E-state index in [0.717, 1.165) is 5.75 Å². The van der Waals surface area contributed by atoms with Crippen molar-refractivity contribution < 1.29 is 29.3 Å². The van der Waals surface area contributed by atoms with Gasteiger partial charge in [-0.2, -0.15) is 12.6 Å². The number of hydrogen-bond donors (Lipinski definition) is 3. The highest BCUT2D eigenvalue weighted by Crippen LogP contribution is 2.09. The number of thioether (sulfide) groups is 1. The number of ether oxygens (including phenoxy) is 2. The summed E-state index contributed by atoms with van der Waals surface area (Å²) in [6.07, 6.45) is 0. The zero-order chi connectivity index (χ0) is 20.1. The van der Waals surface area contributed by atoms with E-state index >= 15 is 0 Å². The van der Waals surface area contributed by atoms with Crippen molar-refractivity contribution in [1.29, 1.82) is 0 Å². The summed E-state index contributed by atoms with van der Waals surface area (Å²) in [5.74, 6) is 1.47.